The summed E-state index contributed by atoms with van der Waals surface area (Å²) in [6.45, 7) is 0.891. The molecule has 0 spiro atoms. The van der Waals surface area contributed by atoms with E-state index in [1.54, 1.807) is 18.1 Å². The van der Waals surface area contributed by atoms with Gasteiger partial charge in [0.05, 0.1) is 18.6 Å². The molecule has 2 atom stereocenters. The SMILES string of the molecule is COCCN1C(=O)C[C@@H](C(=O)NC2CCC2)[C@@H]1c1ccccc1Cl. The minimum absolute atomic E-state index is 0.0225. The van der Waals surface area contributed by atoms with E-state index in [0.717, 1.165) is 24.8 Å². The molecule has 6 heteroatoms. The molecule has 1 aliphatic carbocycles. The summed E-state index contributed by atoms with van der Waals surface area (Å²) in [5, 5.41) is 3.67. The van der Waals surface area contributed by atoms with E-state index in [1.165, 1.54) is 0 Å². The van der Waals surface area contributed by atoms with Gasteiger partial charge < -0.3 is 15.0 Å². The van der Waals surface area contributed by atoms with E-state index < -0.39 is 5.92 Å². The molecule has 2 aliphatic rings. The molecular formula is C18H23ClN2O3. The lowest BCUT2D eigenvalue weighted by molar-refractivity contribution is -0.130. The van der Waals surface area contributed by atoms with Crippen molar-refractivity contribution in [2.75, 3.05) is 20.3 Å². The van der Waals surface area contributed by atoms with Gasteiger partial charge in [0.2, 0.25) is 11.8 Å². The highest BCUT2D eigenvalue weighted by Crippen LogP contribution is 2.41. The van der Waals surface area contributed by atoms with Crippen LogP contribution in [-0.2, 0) is 14.3 Å². The van der Waals surface area contributed by atoms with Crippen LogP contribution in [0.1, 0.15) is 37.3 Å². The number of ether oxygens (including phenoxy) is 1. The molecular weight excluding hydrogens is 328 g/mol. The predicted octanol–water partition coefficient (Wildman–Crippen LogP) is 2.54. The third-order valence-corrected chi connectivity index (χ3v) is 5.32. The lowest BCUT2D eigenvalue weighted by atomic mass is 9.89. The third-order valence-electron chi connectivity index (χ3n) is 4.98. The summed E-state index contributed by atoms with van der Waals surface area (Å²) in [7, 11) is 1.60. The van der Waals surface area contributed by atoms with Gasteiger partial charge in [-0.3, -0.25) is 9.59 Å². The number of carbonyl (C=O) groups is 2. The maximum absolute atomic E-state index is 12.7. The molecule has 1 N–H and O–H groups in total. The molecule has 0 aromatic heterocycles. The summed E-state index contributed by atoms with van der Waals surface area (Å²) < 4.78 is 5.13. The number of methoxy groups -OCH3 is 1. The molecule has 2 fully saturated rings. The molecule has 1 saturated heterocycles. The highest BCUT2D eigenvalue weighted by atomic mass is 35.5. The van der Waals surface area contributed by atoms with E-state index in [0.29, 0.717) is 18.2 Å². The third kappa shape index (κ3) is 3.42. The fourth-order valence-electron chi connectivity index (χ4n) is 3.44. The summed E-state index contributed by atoms with van der Waals surface area (Å²) in [5.41, 5.74) is 0.829. The van der Waals surface area contributed by atoms with Crippen LogP contribution >= 0.6 is 11.6 Å². The fraction of sp³-hybridized carbons (Fsp3) is 0.556. The first-order valence-corrected chi connectivity index (χ1v) is 8.83. The number of benzene rings is 1. The summed E-state index contributed by atoms with van der Waals surface area (Å²) in [6, 6.07) is 7.36. The smallest absolute Gasteiger partial charge is 0.226 e. The molecule has 0 unspecified atom stereocenters. The zero-order valence-corrected chi connectivity index (χ0v) is 14.6. The Hall–Kier alpha value is -1.59. The van der Waals surface area contributed by atoms with E-state index in [9.17, 15) is 9.59 Å². The van der Waals surface area contributed by atoms with E-state index in [4.69, 9.17) is 16.3 Å². The second-order valence-electron chi connectivity index (χ2n) is 6.49. The Bertz CT molecular complexity index is 618. The highest BCUT2D eigenvalue weighted by molar-refractivity contribution is 6.31. The molecule has 24 heavy (non-hydrogen) atoms. The van der Waals surface area contributed by atoms with Crippen molar-refractivity contribution in [3.63, 3.8) is 0 Å². The van der Waals surface area contributed by atoms with E-state index in [-0.39, 0.29) is 30.3 Å². The maximum atomic E-state index is 12.7. The number of nitrogens with zero attached hydrogens (tertiary/aromatic N) is 1. The number of carbonyl (C=O) groups excluding carboxylic acids is 2. The minimum Gasteiger partial charge on any atom is -0.383 e. The molecule has 1 heterocycles. The Morgan fingerprint density at radius 2 is 2.12 bits per heavy atom. The van der Waals surface area contributed by atoms with E-state index >= 15 is 0 Å². The Kier molecular flexibility index (Phi) is 5.41. The fourth-order valence-corrected chi connectivity index (χ4v) is 3.69. The van der Waals surface area contributed by atoms with Gasteiger partial charge in [0.15, 0.2) is 0 Å². The van der Waals surface area contributed by atoms with Gasteiger partial charge in [0.1, 0.15) is 0 Å². The molecule has 1 aromatic rings. The van der Waals surface area contributed by atoms with Gasteiger partial charge in [-0.15, -0.1) is 0 Å². The lowest BCUT2D eigenvalue weighted by Crippen LogP contribution is -2.44. The zero-order valence-electron chi connectivity index (χ0n) is 13.8. The Labute approximate surface area is 147 Å². The summed E-state index contributed by atoms with van der Waals surface area (Å²) in [6.07, 6.45) is 3.42. The molecule has 0 bridgehead atoms. The Morgan fingerprint density at radius 3 is 2.75 bits per heavy atom. The molecule has 130 valence electrons. The van der Waals surface area contributed by atoms with Crippen LogP contribution in [-0.4, -0.2) is 43.0 Å². The van der Waals surface area contributed by atoms with Crippen LogP contribution in [0.4, 0.5) is 0 Å². The van der Waals surface area contributed by atoms with Crippen LogP contribution in [0.3, 0.4) is 0 Å². The van der Waals surface area contributed by atoms with Crippen LogP contribution in [0.25, 0.3) is 0 Å². The number of hydrogen-bond acceptors (Lipinski definition) is 3. The number of likely N-dealkylation sites (tertiary alicyclic amines) is 1. The van der Waals surface area contributed by atoms with Gasteiger partial charge in [0, 0.05) is 31.1 Å². The Balaban J connectivity index is 1.86. The largest absolute Gasteiger partial charge is 0.383 e. The quantitative estimate of drug-likeness (QED) is 0.857. The summed E-state index contributed by atoms with van der Waals surface area (Å²) >= 11 is 6.36. The second-order valence-corrected chi connectivity index (χ2v) is 6.90. The number of hydrogen-bond donors (Lipinski definition) is 1. The van der Waals surface area contributed by atoms with Crippen LogP contribution in [0, 0.1) is 5.92 Å². The van der Waals surface area contributed by atoms with Gasteiger partial charge in [-0.1, -0.05) is 29.8 Å². The van der Waals surface area contributed by atoms with Crippen molar-refractivity contribution >= 4 is 23.4 Å². The van der Waals surface area contributed by atoms with Crippen molar-refractivity contribution in [3.05, 3.63) is 34.9 Å². The first-order valence-electron chi connectivity index (χ1n) is 8.45. The van der Waals surface area contributed by atoms with Crippen LogP contribution in [0.2, 0.25) is 5.02 Å². The van der Waals surface area contributed by atoms with Gasteiger partial charge >= 0.3 is 0 Å². The van der Waals surface area contributed by atoms with Gasteiger partial charge in [-0.2, -0.15) is 0 Å². The first kappa shape index (κ1) is 17.2. The number of amides is 2. The molecule has 2 amide bonds. The standard InChI is InChI=1S/C18H23ClN2O3/c1-24-10-9-21-16(22)11-14(18(23)20-12-5-4-6-12)17(21)13-7-2-3-8-15(13)19/h2-3,7-8,12,14,17H,4-6,9-11H2,1H3,(H,20,23)/t14-,17+/m1/s1. The molecule has 5 nitrogen and oxygen atoms in total. The normalized spacial score (nSPS) is 24.1. The van der Waals surface area contributed by atoms with Crippen molar-refractivity contribution in [3.8, 4) is 0 Å². The lowest BCUT2D eigenvalue weighted by Gasteiger charge is -2.31. The van der Waals surface area contributed by atoms with Crippen molar-refractivity contribution in [1.82, 2.24) is 10.2 Å². The summed E-state index contributed by atoms with van der Waals surface area (Å²) in [4.78, 5) is 27.0. The number of nitrogens with one attached hydrogen (secondary N) is 1. The molecule has 1 aliphatic heterocycles. The summed E-state index contributed by atoms with van der Waals surface area (Å²) in [5.74, 6) is -0.474. The molecule has 1 aromatic carbocycles. The van der Waals surface area contributed by atoms with Crippen molar-refractivity contribution < 1.29 is 14.3 Å². The first-order chi connectivity index (χ1) is 11.6. The topological polar surface area (TPSA) is 58.6 Å². The van der Waals surface area contributed by atoms with Gasteiger partial charge in [0.25, 0.3) is 0 Å². The predicted molar refractivity (Wildman–Crippen MR) is 91.7 cm³/mol. The average Bonchev–Trinajstić information content (AvgIpc) is 2.86. The van der Waals surface area contributed by atoms with Gasteiger partial charge in [-0.05, 0) is 30.9 Å². The Morgan fingerprint density at radius 1 is 1.38 bits per heavy atom. The van der Waals surface area contributed by atoms with Crippen molar-refractivity contribution in [2.45, 2.75) is 37.8 Å². The zero-order chi connectivity index (χ0) is 17.1. The van der Waals surface area contributed by atoms with Crippen molar-refractivity contribution in [1.29, 1.82) is 0 Å². The molecule has 1 saturated carbocycles. The minimum atomic E-state index is -0.408. The molecule has 0 radical (unpaired) electrons. The van der Waals surface area contributed by atoms with Crippen molar-refractivity contribution in [2.24, 2.45) is 5.92 Å². The van der Waals surface area contributed by atoms with Crippen LogP contribution in [0.5, 0.6) is 0 Å². The van der Waals surface area contributed by atoms with Gasteiger partial charge in [-0.25, -0.2) is 0 Å². The number of halogens is 1. The number of rotatable bonds is 6. The highest BCUT2D eigenvalue weighted by Gasteiger charge is 2.45. The van der Waals surface area contributed by atoms with Crippen LogP contribution in [0.15, 0.2) is 24.3 Å². The average molecular weight is 351 g/mol. The maximum Gasteiger partial charge on any atom is 0.226 e. The monoisotopic (exact) mass is 350 g/mol. The molecule has 3 rings (SSSR count). The second kappa shape index (κ2) is 7.53. The van der Waals surface area contributed by atoms with E-state index in [2.05, 4.69) is 5.32 Å². The van der Waals surface area contributed by atoms with E-state index in [1.807, 2.05) is 18.2 Å². The van der Waals surface area contributed by atoms with Crippen LogP contribution < -0.4 is 5.32 Å².